The number of carbonyl (C=O) groups is 2. The second kappa shape index (κ2) is 13.6. The molecule has 112 valence electrons. The van der Waals surface area contributed by atoms with Gasteiger partial charge < -0.3 is 10.2 Å². The van der Waals surface area contributed by atoms with Gasteiger partial charge in [0.25, 0.3) is 0 Å². The lowest BCUT2D eigenvalue weighted by Gasteiger charge is -1.99. The van der Waals surface area contributed by atoms with Crippen molar-refractivity contribution in [2.45, 2.75) is 51.4 Å². The maximum atomic E-state index is 10.3. The van der Waals surface area contributed by atoms with Crippen LogP contribution in [0, 0.1) is 0 Å². The average molecular weight is 280 g/mol. The molecule has 0 atom stereocenters. The van der Waals surface area contributed by atoms with Crippen LogP contribution in [0.2, 0.25) is 0 Å². The summed E-state index contributed by atoms with van der Waals surface area (Å²) < 4.78 is 0. The summed E-state index contributed by atoms with van der Waals surface area (Å²) in [5.74, 6) is -1.65. The summed E-state index contributed by atoms with van der Waals surface area (Å²) in [4.78, 5) is 20.5. The molecule has 4 nitrogen and oxygen atoms in total. The van der Waals surface area contributed by atoms with E-state index >= 15 is 0 Å². The molecular formula is C16H24O4. The van der Waals surface area contributed by atoms with E-state index in [2.05, 4.69) is 6.08 Å². The van der Waals surface area contributed by atoms with E-state index in [0.29, 0.717) is 0 Å². The Morgan fingerprint density at radius 3 is 2.00 bits per heavy atom. The highest BCUT2D eigenvalue weighted by atomic mass is 16.4. The van der Waals surface area contributed by atoms with Gasteiger partial charge >= 0.3 is 11.9 Å². The van der Waals surface area contributed by atoms with Gasteiger partial charge in [-0.25, -0.2) is 4.79 Å². The zero-order chi connectivity index (χ0) is 15.1. The zero-order valence-corrected chi connectivity index (χ0v) is 11.8. The molecule has 0 aromatic rings. The Bertz CT molecular complexity index is 353. The van der Waals surface area contributed by atoms with Gasteiger partial charge in [0.1, 0.15) is 0 Å². The van der Waals surface area contributed by atoms with E-state index in [-0.39, 0.29) is 6.42 Å². The molecule has 0 fully saturated rings. The normalized spacial score (nSPS) is 11.8. The molecule has 4 heteroatoms. The van der Waals surface area contributed by atoms with Crippen molar-refractivity contribution in [2.24, 2.45) is 0 Å². The number of allylic oxidation sites excluding steroid dienone is 5. The van der Waals surface area contributed by atoms with Gasteiger partial charge in [-0.2, -0.15) is 0 Å². The van der Waals surface area contributed by atoms with Crippen molar-refractivity contribution in [3.63, 3.8) is 0 Å². The average Bonchev–Trinajstić information content (AvgIpc) is 2.38. The van der Waals surface area contributed by atoms with Gasteiger partial charge in [0.15, 0.2) is 0 Å². The lowest BCUT2D eigenvalue weighted by Crippen LogP contribution is -1.93. The smallest absolute Gasteiger partial charge is 0.328 e. The van der Waals surface area contributed by atoms with Crippen LogP contribution in [-0.2, 0) is 9.59 Å². The van der Waals surface area contributed by atoms with Crippen LogP contribution in [0.1, 0.15) is 51.4 Å². The van der Waals surface area contributed by atoms with E-state index < -0.39 is 11.9 Å². The summed E-state index contributed by atoms with van der Waals surface area (Å²) in [6.07, 6.45) is 17.7. The molecular weight excluding hydrogens is 256 g/mol. The van der Waals surface area contributed by atoms with Crippen LogP contribution in [0.25, 0.3) is 0 Å². The van der Waals surface area contributed by atoms with Crippen LogP contribution < -0.4 is 0 Å². The van der Waals surface area contributed by atoms with Crippen LogP contribution in [-0.4, -0.2) is 22.2 Å². The van der Waals surface area contributed by atoms with Gasteiger partial charge in [0, 0.05) is 12.5 Å². The third-order valence-electron chi connectivity index (χ3n) is 2.72. The lowest BCUT2D eigenvalue weighted by molar-refractivity contribution is -0.137. The van der Waals surface area contributed by atoms with E-state index in [1.165, 1.54) is 12.5 Å². The molecule has 0 aliphatic carbocycles. The van der Waals surface area contributed by atoms with Crippen molar-refractivity contribution in [1.82, 2.24) is 0 Å². The van der Waals surface area contributed by atoms with Crippen LogP contribution in [0.5, 0.6) is 0 Å². The Kier molecular flexibility index (Phi) is 12.3. The van der Waals surface area contributed by atoms with Crippen molar-refractivity contribution in [1.29, 1.82) is 0 Å². The van der Waals surface area contributed by atoms with Crippen molar-refractivity contribution in [3.8, 4) is 0 Å². The summed E-state index contributed by atoms with van der Waals surface area (Å²) in [5.41, 5.74) is 0. The van der Waals surface area contributed by atoms with E-state index in [1.54, 1.807) is 6.08 Å². The first-order valence-corrected chi connectivity index (χ1v) is 7.07. The highest BCUT2D eigenvalue weighted by Crippen LogP contribution is 2.08. The Hall–Kier alpha value is -1.84. The Morgan fingerprint density at radius 2 is 1.35 bits per heavy atom. The summed E-state index contributed by atoms with van der Waals surface area (Å²) in [6.45, 7) is 0. The van der Waals surface area contributed by atoms with Crippen LogP contribution >= 0.6 is 0 Å². The molecule has 0 bridgehead atoms. The van der Waals surface area contributed by atoms with Crippen LogP contribution in [0.3, 0.4) is 0 Å². The molecule has 0 aromatic carbocycles. The largest absolute Gasteiger partial charge is 0.481 e. The Balaban J connectivity index is 3.31. The molecule has 2 N–H and O–H groups in total. The SMILES string of the molecule is O=C(O)C=CC=CC=CCCCCCCCCC(=O)O. The van der Waals surface area contributed by atoms with Gasteiger partial charge in [-0.3, -0.25) is 4.79 Å². The summed E-state index contributed by atoms with van der Waals surface area (Å²) in [5, 5.41) is 16.8. The van der Waals surface area contributed by atoms with Crippen molar-refractivity contribution < 1.29 is 19.8 Å². The minimum Gasteiger partial charge on any atom is -0.481 e. The standard InChI is InChI=1S/C16H24O4/c17-15(18)13-11-9-7-5-3-1-2-4-6-8-10-12-14-16(19)20/h3,5,7,9,11,13H,1-2,4,6,8,10,12,14H2,(H,17,18)(H,19,20). The highest BCUT2D eigenvalue weighted by molar-refractivity contribution is 5.80. The lowest BCUT2D eigenvalue weighted by atomic mass is 10.1. The first-order chi connectivity index (χ1) is 9.63. The summed E-state index contributed by atoms with van der Waals surface area (Å²) in [7, 11) is 0. The fourth-order valence-electron chi connectivity index (χ4n) is 1.69. The van der Waals surface area contributed by atoms with Crippen molar-refractivity contribution >= 4 is 11.9 Å². The van der Waals surface area contributed by atoms with E-state index in [4.69, 9.17) is 10.2 Å². The number of carboxylic acids is 2. The van der Waals surface area contributed by atoms with E-state index in [9.17, 15) is 9.59 Å². The molecule has 0 radical (unpaired) electrons. The molecule has 0 unspecified atom stereocenters. The number of hydrogen-bond donors (Lipinski definition) is 2. The molecule has 0 spiro atoms. The zero-order valence-electron chi connectivity index (χ0n) is 11.8. The molecule has 0 aliphatic rings. The third-order valence-corrected chi connectivity index (χ3v) is 2.72. The third kappa shape index (κ3) is 16.2. The predicted molar refractivity (Wildman–Crippen MR) is 79.6 cm³/mol. The number of aliphatic carboxylic acids is 2. The van der Waals surface area contributed by atoms with Gasteiger partial charge in [0.05, 0.1) is 0 Å². The monoisotopic (exact) mass is 280 g/mol. The maximum absolute atomic E-state index is 10.3. The summed E-state index contributed by atoms with van der Waals surface area (Å²) >= 11 is 0. The molecule has 0 rings (SSSR count). The molecule has 0 saturated heterocycles. The predicted octanol–water partition coefficient (Wildman–Crippen LogP) is 3.95. The van der Waals surface area contributed by atoms with Crippen LogP contribution in [0.15, 0.2) is 36.5 Å². The molecule has 0 heterocycles. The van der Waals surface area contributed by atoms with Gasteiger partial charge in [-0.05, 0) is 19.3 Å². The number of rotatable bonds is 12. The Labute approximate surface area is 120 Å². The van der Waals surface area contributed by atoms with E-state index in [0.717, 1.165) is 44.6 Å². The molecule has 0 aromatic heterocycles. The quantitative estimate of drug-likeness (QED) is 0.322. The highest BCUT2D eigenvalue weighted by Gasteiger charge is 1.95. The fraction of sp³-hybridized carbons (Fsp3) is 0.500. The molecule has 0 saturated carbocycles. The topological polar surface area (TPSA) is 74.6 Å². The summed E-state index contributed by atoms with van der Waals surface area (Å²) in [6, 6.07) is 0. The van der Waals surface area contributed by atoms with Crippen molar-refractivity contribution in [3.05, 3.63) is 36.5 Å². The first kappa shape index (κ1) is 18.2. The van der Waals surface area contributed by atoms with Gasteiger partial charge in [-0.1, -0.05) is 56.1 Å². The van der Waals surface area contributed by atoms with Crippen LogP contribution in [0.4, 0.5) is 0 Å². The second-order valence-corrected chi connectivity index (χ2v) is 4.56. The van der Waals surface area contributed by atoms with E-state index in [1.807, 2.05) is 12.2 Å². The van der Waals surface area contributed by atoms with Crippen molar-refractivity contribution in [2.75, 3.05) is 0 Å². The van der Waals surface area contributed by atoms with Gasteiger partial charge in [0.2, 0.25) is 0 Å². The minimum absolute atomic E-state index is 0.283. The molecule has 20 heavy (non-hydrogen) atoms. The molecule has 0 aliphatic heterocycles. The number of carboxylic acid groups (broad SMARTS) is 2. The maximum Gasteiger partial charge on any atom is 0.328 e. The van der Waals surface area contributed by atoms with Gasteiger partial charge in [-0.15, -0.1) is 0 Å². The Morgan fingerprint density at radius 1 is 0.750 bits per heavy atom. The minimum atomic E-state index is -0.943. The second-order valence-electron chi connectivity index (χ2n) is 4.56. The first-order valence-electron chi connectivity index (χ1n) is 7.07. The molecule has 0 amide bonds. The number of hydrogen-bond acceptors (Lipinski definition) is 2. The number of unbranched alkanes of at least 4 members (excludes halogenated alkanes) is 6. The fourth-order valence-corrected chi connectivity index (χ4v) is 1.69.